The van der Waals surface area contributed by atoms with E-state index in [1.807, 2.05) is 44.2 Å². The van der Waals surface area contributed by atoms with Gasteiger partial charge >= 0.3 is 5.97 Å². The number of fused-ring (bicyclic) bond motifs is 1. The number of rotatable bonds is 19. The van der Waals surface area contributed by atoms with Gasteiger partial charge in [-0.2, -0.15) is 0 Å². The number of likely N-dealkylation sites (tertiary alicyclic amines) is 1. The molecule has 3 aliphatic rings. The van der Waals surface area contributed by atoms with Gasteiger partial charge in [-0.05, 0) is 44.6 Å². The molecule has 264 valence electrons. The molecule has 0 radical (unpaired) electrons. The van der Waals surface area contributed by atoms with Crippen molar-refractivity contribution < 1.29 is 38.5 Å². The van der Waals surface area contributed by atoms with Gasteiger partial charge in [0.1, 0.15) is 17.7 Å². The van der Waals surface area contributed by atoms with Gasteiger partial charge in [0.2, 0.25) is 17.7 Å². The minimum Gasteiger partial charge on any atom is -0.455 e. The Bertz CT molecular complexity index is 1300. The first kappa shape index (κ1) is 37.3. The summed E-state index contributed by atoms with van der Waals surface area (Å²) >= 11 is 0. The Hall–Kier alpha value is -3.54. The fourth-order valence-electron chi connectivity index (χ4n) is 7.93. The van der Waals surface area contributed by atoms with E-state index in [9.17, 15) is 24.3 Å². The summed E-state index contributed by atoms with van der Waals surface area (Å²) in [5.74, 6) is -3.47. The SMILES string of the molecule is C=CCCC(=O)N[C@@H](COC)[C@@H](OC(=O)[C@@H]1[C@@H]2CC[C@]3(O2)[C@H](C(=O)N(CC=C)C(C)CCC)N([C@@H](CC)CO)C(=O)[C@@H]13)c1ccccc1. The first-order valence-electron chi connectivity index (χ1n) is 17.3. The quantitative estimate of drug-likeness (QED) is 0.169. The number of hydrogen-bond donors (Lipinski definition) is 2. The molecule has 11 nitrogen and oxygen atoms in total. The maximum atomic E-state index is 14.6. The second-order valence-electron chi connectivity index (χ2n) is 13.2. The second kappa shape index (κ2) is 16.7. The van der Waals surface area contributed by atoms with E-state index in [-0.39, 0.29) is 43.4 Å². The Balaban J connectivity index is 1.72. The molecule has 2 bridgehead atoms. The average molecular weight is 668 g/mol. The molecular weight excluding hydrogens is 614 g/mol. The highest BCUT2D eigenvalue weighted by molar-refractivity contribution is 5.98. The molecule has 3 heterocycles. The summed E-state index contributed by atoms with van der Waals surface area (Å²) in [6.45, 7) is 13.5. The number of ether oxygens (including phenoxy) is 3. The molecule has 3 saturated heterocycles. The van der Waals surface area contributed by atoms with Crippen LogP contribution in [0.1, 0.15) is 77.4 Å². The van der Waals surface area contributed by atoms with Gasteiger partial charge in [-0.3, -0.25) is 19.2 Å². The normalized spacial score (nSPS) is 26.7. The number of aliphatic hydroxyl groups is 1. The summed E-state index contributed by atoms with van der Waals surface area (Å²) < 4.78 is 18.4. The minimum absolute atomic E-state index is 0.0671. The molecular formula is C37H53N3O8. The van der Waals surface area contributed by atoms with Crippen LogP contribution < -0.4 is 5.32 Å². The molecule has 3 amide bonds. The lowest BCUT2D eigenvalue weighted by atomic mass is 9.70. The Morgan fingerprint density at radius 2 is 1.94 bits per heavy atom. The van der Waals surface area contributed by atoms with Crippen LogP contribution in [-0.4, -0.2) is 101 Å². The molecule has 9 atom stereocenters. The summed E-state index contributed by atoms with van der Waals surface area (Å²) in [6, 6.07) is 6.62. The lowest BCUT2D eigenvalue weighted by Gasteiger charge is -2.40. The van der Waals surface area contributed by atoms with Crippen LogP contribution >= 0.6 is 0 Å². The number of aliphatic hydroxyl groups excluding tert-OH is 1. The van der Waals surface area contributed by atoms with Crippen LogP contribution in [0.3, 0.4) is 0 Å². The van der Waals surface area contributed by atoms with E-state index >= 15 is 0 Å². The highest BCUT2D eigenvalue weighted by atomic mass is 16.6. The third-order valence-corrected chi connectivity index (χ3v) is 10.2. The summed E-state index contributed by atoms with van der Waals surface area (Å²) in [5.41, 5.74) is -0.594. The molecule has 1 unspecified atom stereocenters. The molecule has 1 aromatic rings. The van der Waals surface area contributed by atoms with Crippen LogP contribution in [-0.2, 0) is 33.4 Å². The standard InChI is InChI=1S/C37H53N3O8/c1-7-11-18-29(42)38-27(23-46-6)32(25-16-13-12-14-17-25)47-36(45)30-28-19-20-37(48-28)31(30)34(43)40(26(10-4)22-41)33(37)35(44)39(21-9-3)24(5)15-8-2/h7,9,12-14,16-17,24,26-28,30-33,41H,1,3,8,10-11,15,18-23H2,2,4-6H3,(H,38,42)/t24?,26-,27-,28-,30+,31+,32-,33-,37+/m0/s1. The van der Waals surface area contributed by atoms with Crippen molar-refractivity contribution in [1.29, 1.82) is 0 Å². The topological polar surface area (TPSA) is 135 Å². The van der Waals surface area contributed by atoms with E-state index < -0.39 is 53.7 Å². The summed E-state index contributed by atoms with van der Waals surface area (Å²) in [7, 11) is 1.51. The molecule has 48 heavy (non-hydrogen) atoms. The van der Waals surface area contributed by atoms with E-state index in [1.165, 1.54) is 12.0 Å². The summed E-state index contributed by atoms with van der Waals surface area (Å²) in [6.07, 6.45) is 5.42. The number of carbonyl (C=O) groups is 4. The van der Waals surface area contributed by atoms with Crippen molar-refractivity contribution >= 4 is 23.7 Å². The second-order valence-corrected chi connectivity index (χ2v) is 13.2. The predicted molar refractivity (Wildman–Crippen MR) is 180 cm³/mol. The molecule has 1 spiro atoms. The predicted octanol–water partition coefficient (Wildman–Crippen LogP) is 3.72. The monoisotopic (exact) mass is 667 g/mol. The molecule has 3 aliphatic heterocycles. The highest BCUT2D eigenvalue weighted by Gasteiger charge is 2.75. The van der Waals surface area contributed by atoms with Crippen molar-refractivity contribution in [2.75, 3.05) is 26.9 Å². The Kier molecular flexibility index (Phi) is 13.0. The molecule has 1 aromatic carbocycles. The fraction of sp³-hybridized carbons (Fsp3) is 0.622. The number of hydrogen-bond acceptors (Lipinski definition) is 8. The molecule has 11 heteroatoms. The molecule has 0 saturated carbocycles. The largest absolute Gasteiger partial charge is 0.455 e. The Labute approximate surface area is 284 Å². The van der Waals surface area contributed by atoms with Gasteiger partial charge in [-0.1, -0.05) is 62.8 Å². The fourth-order valence-corrected chi connectivity index (χ4v) is 7.93. The maximum Gasteiger partial charge on any atom is 0.313 e. The molecule has 2 N–H and O–H groups in total. The first-order chi connectivity index (χ1) is 23.1. The van der Waals surface area contributed by atoms with Crippen LogP contribution in [0.25, 0.3) is 0 Å². The van der Waals surface area contributed by atoms with Crippen molar-refractivity contribution in [3.63, 3.8) is 0 Å². The van der Waals surface area contributed by atoms with Crippen LogP contribution in [0.5, 0.6) is 0 Å². The van der Waals surface area contributed by atoms with Gasteiger partial charge in [-0.15, -0.1) is 13.2 Å². The van der Waals surface area contributed by atoms with E-state index in [1.54, 1.807) is 17.1 Å². The first-order valence-corrected chi connectivity index (χ1v) is 17.3. The van der Waals surface area contributed by atoms with E-state index in [4.69, 9.17) is 14.2 Å². The van der Waals surface area contributed by atoms with Crippen molar-refractivity contribution in [2.45, 2.75) is 108 Å². The molecule has 3 fully saturated rings. The van der Waals surface area contributed by atoms with E-state index in [0.29, 0.717) is 37.8 Å². The zero-order valence-electron chi connectivity index (χ0n) is 28.8. The van der Waals surface area contributed by atoms with E-state index in [0.717, 1.165) is 12.8 Å². The van der Waals surface area contributed by atoms with Gasteiger partial charge in [0.15, 0.2) is 0 Å². The summed E-state index contributed by atoms with van der Waals surface area (Å²) in [5, 5.41) is 13.4. The molecule has 0 aliphatic carbocycles. The number of nitrogens with zero attached hydrogens (tertiary/aromatic N) is 2. The number of methoxy groups -OCH3 is 1. The maximum absolute atomic E-state index is 14.6. The molecule has 4 rings (SSSR count). The Morgan fingerprint density at radius 3 is 2.54 bits per heavy atom. The van der Waals surface area contributed by atoms with E-state index in [2.05, 4.69) is 25.4 Å². The molecule has 0 aromatic heterocycles. The van der Waals surface area contributed by atoms with Gasteiger partial charge < -0.3 is 34.4 Å². The number of benzene rings is 1. The number of allylic oxidation sites excluding steroid dienone is 1. The van der Waals surface area contributed by atoms with Crippen LogP contribution in [0.4, 0.5) is 0 Å². The zero-order chi connectivity index (χ0) is 35.0. The van der Waals surface area contributed by atoms with Crippen molar-refractivity contribution in [3.8, 4) is 0 Å². The smallest absolute Gasteiger partial charge is 0.313 e. The van der Waals surface area contributed by atoms with Gasteiger partial charge in [0, 0.05) is 26.1 Å². The average Bonchev–Trinajstić information content (AvgIpc) is 3.73. The van der Waals surface area contributed by atoms with Crippen LogP contribution in [0, 0.1) is 11.8 Å². The number of esters is 1. The highest BCUT2D eigenvalue weighted by Crippen LogP contribution is 2.59. The van der Waals surface area contributed by atoms with Gasteiger partial charge in [0.25, 0.3) is 0 Å². The van der Waals surface area contributed by atoms with Gasteiger partial charge in [-0.25, -0.2) is 0 Å². The van der Waals surface area contributed by atoms with Crippen LogP contribution in [0.2, 0.25) is 0 Å². The number of carbonyl (C=O) groups excluding carboxylic acids is 4. The third kappa shape index (κ3) is 7.23. The minimum atomic E-state index is -1.25. The van der Waals surface area contributed by atoms with Gasteiger partial charge in [0.05, 0.1) is 43.2 Å². The number of amides is 3. The zero-order valence-corrected chi connectivity index (χ0v) is 28.8. The van der Waals surface area contributed by atoms with Crippen molar-refractivity contribution in [1.82, 2.24) is 15.1 Å². The Morgan fingerprint density at radius 1 is 1.21 bits per heavy atom. The van der Waals surface area contributed by atoms with Crippen molar-refractivity contribution in [2.24, 2.45) is 11.8 Å². The van der Waals surface area contributed by atoms with Crippen LogP contribution in [0.15, 0.2) is 55.6 Å². The lowest BCUT2D eigenvalue weighted by molar-refractivity contribution is -0.163. The van der Waals surface area contributed by atoms with Crippen molar-refractivity contribution in [3.05, 3.63) is 61.2 Å². The summed E-state index contributed by atoms with van der Waals surface area (Å²) in [4.78, 5) is 59.6. The lowest BCUT2D eigenvalue weighted by Crippen LogP contribution is -2.60. The third-order valence-electron chi connectivity index (χ3n) is 10.2. The number of nitrogens with one attached hydrogen (secondary N) is 1.